The number of aliphatic carboxylic acids is 1. The Morgan fingerprint density at radius 3 is 2.46 bits per heavy atom. The molecule has 6 N–H and O–H groups in total. The topological polar surface area (TPSA) is 206 Å². The lowest BCUT2D eigenvalue weighted by Gasteiger charge is -2.44. The van der Waals surface area contributed by atoms with Gasteiger partial charge in [-0.25, -0.2) is 0 Å². The minimum absolute atomic E-state index is 0.406. The molecule has 1 saturated heterocycles. The Bertz CT molecular complexity index is 662. The molecule has 0 aromatic carbocycles. The first-order valence-electron chi connectivity index (χ1n) is 8.55. The number of carboxylic acids is 1. The van der Waals surface area contributed by atoms with Gasteiger partial charge in [0.2, 0.25) is 6.29 Å². The summed E-state index contributed by atoms with van der Waals surface area (Å²) in [6.07, 6.45) is -9.29. The molecule has 1 aliphatic carbocycles. The molecule has 0 radical (unpaired) electrons. The van der Waals surface area contributed by atoms with Crippen LogP contribution in [0.1, 0.15) is 6.42 Å². The van der Waals surface area contributed by atoms with Crippen molar-refractivity contribution in [2.45, 2.75) is 49.0 Å². The van der Waals surface area contributed by atoms with Crippen LogP contribution in [0.5, 0.6) is 0 Å². The van der Waals surface area contributed by atoms with Crippen LogP contribution in [0.4, 0.5) is 0 Å². The van der Waals surface area contributed by atoms with Gasteiger partial charge in [-0.1, -0.05) is 0 Å². The van der Waals surface area contributed by atoms with Gasteiger partial charge in [-0.15, -0.1) is 0 Å². The molecule has 0 spiro atoms. The summed E-state index contributed by atoms with van der Waals surface area (Å²) in [7, 11) is 0. The molecule has 0 aromatic heterocycles. The van der Waals surface area contributed by atoms with E-state index < -0.39 is 91.4 Å². The van der Waals surface area contributed by atoms with Crippen molar-refractivity contribution in [1.29, 1.82) is 0 Å². The maximum absolute atomic E-state index is 12.2. The molecular weight excluding hydrogens is 384 g/mol. The number of carbonyl (C=O) groups is 2. The number of Topliss-reactive ketones (excluding diaryl/α,β-unsaturated/α-hetero) is 1. The van der Waals surface area contributed by atoms with Gasteiger partial charge in [-0.05, 0) is 0 Å². The molecule has 0 aromatic rings. The number of ketones is 1. The molecule has 12 heteroatoms. The molecule has 158 valence electrons. The van der Waals surface area contributed by atoms with Crippen LogP contribution >= 0.6 is 0 Å². The van der Waals surface area contributed by atoms with E-state index in [2.05, 4.69) is 0 Å². The van der Waals surface area contributed by atoms with Gasteiger partial charge >= 0.3 is 0 Å². The van der Waals surface area contributed by atoms with Crippen LogP contribution in [0, 0.1) is 11.8 Å². The molecule has 2 fully saturated rings. The zero-order chi connectivity index (χ0) is 20.8. The predicted molar refractivity (Wildman–Crippen MR) is 81.5 cm³/mol. The second kappa shape index (κ2) is 7.65. The van der Waals surface area contributed by atoms with Gasteiger partial charge in [0.15, 0.2) is 17.7 Å². The minimum atomic E-state index is -2.38. The summed E-state index contributed by atoms with van der Waals surface area (Å²) in [6.45, 7) is -1.75. The molecule has 12 nitrogen and oxygen atoms in total. The number of hydrogen-bond donors (Lipinski definition) is 6. The molecule has 1 saturated carbocycles. The van der Waals surface area contributed by atoms with Crippen LogP contribution < -0.4 is 5.11 Å². The van der Waals surface area contributed by atoms with E-state index in [1.54, 1.807) is 0 Å². The third-order valence-corrected chi connectivity index (χ3v) is 5.49. The number of rotatable bonds is 5. The summed E-state index contributed by atoms with van der Waals surface area (Å²) in [5.74, 6) is -4.94. The summed E-state index contributed by atoms with van der Waals surface area (Å²) in [5, 5.41) is 70.4. The molecule has 0 unspecified atom stereocenters. The molecular formula is C16H21O12-. The van der Waals surface area contributed by atoms with Gasteiger partial charge in [-0.2, -0.15) is 0 Å². The highest BCUT2D eigenvalue weighted by Gasteiger charge is 2.61. The standard InChI is InChI=1S/C16H22O12/c17-2-7-10(20)11(21)12(22)15(27-7)28-14-9-5(6(3-26-14)13(23)24)1-8(19)16(9,25)4-18/h3,5,7,9-12,14-15,17-18,20-22,25H,1-2,4H2,(H,23,24)/p-1/t5-,7+,9-,10+,11-,12+,14+,15-,16-/m0/s1. The molecule has 3 aliphatic rings. The number of aliphatic hydroxyl groups excluding tert-OH is 5. The number of carboxylic acid groups (broad SMARTS) is 1. The van der Waals surface area contributed by atoms with Crippen LogP contribution in [0.15, 0.2) is 11.8 Å². The Morgan fingerprint density at radius 1 is 1.21 bits per heavy atom. The van der Waals surface area contributed by atoms with Crippen LogP contribution in [-0.2, 0) is 23.8 Å². The molecule has 2 heterocycles. The number of aliphatic hydroxyl groups is 6. The average molecular weight is 405 g/mol. The van der Waals surface area contributed by atoms with Crippen LogP contribution in [-0.4, -0.2) is 98.2 Å². The average Bonchev–Trinajstić information content (AvgIpc) is 2.93. The first kappa shape index (κ1) is 21.1. The molecule has 0 amide bonds. The van der Waals surface area contributed by atoms with Crippen molar-refractivity contribution in [3.8, 4) is 0 Å². The predicted octanol–water partition coefficient (Wildman–Crippen LogP) is -5.28. The largest absolute Gasteiger partial charge is 0.545 e. The Kier molecular flexibility index (Phi) is 5.76. The van der Waals surface area contributed by atoms with E-state index in [4.69, 9.17) is 14.2 Å². The fourth-order valence-electron chi connectivity index (χ4n) is 3.87. The summed E-state index contributed by atoms with van der Waals surface area (Å²) >= 11 is 0. The molecule has 0 bridgehead atoms. The zero-order valence-corrected chi connectivity index (χ0v) is 14.5. The van der Waals surface area contributed by atoms with E-state index in [1.807, 2.05) is 0 Å². The Hall–Kier alpha value is -1.64. The highest BCUT2D eigenvalue weighted by Crippen LogP contribution is 2.47. The summed E-state index contributed by atoms with van der Waals surface area (Å²) in [6, 6.07) is 0. The Labute approximate surface area is 158 Å². The maximum atomic E-state index is 12.2. The molecule has 9 atom stereocenters. The number of fused-ring (bicyclic) bond motifs is 1. The monoisotopic (exact) mass is 405 g/mol. The lowest BCUT2D eigenvalue weighted by molar-refractivity contribution is -0.347. The number of ether oxygens (including phenoxy) is 3. The van der Waals surface area contributed by atoms with Gasteiger partial charge < -0.3 is 54.8 Å². The van der Waals surface area contributed by atoms with Crippen LogP contribution in [0.25, 0.3) is 0 Å². The van der Waals surface area contributed by atoms with Crippen LogP contribution in [0.2, 0.25) is 0 Å². The molecule has 3 rings (SSSR count). The SMILES string of the molecule is O=C([O-])C1=CO[C@H](O[C@@H]2O[C@H](CO)[C@@H](O)[C@H](O)[C@H]2O)[C@@H]2[C@H]1CC(=O)[C@@]2(O)CO. The van der Waals surface area contributed by atoms with Crippen molar-refractivity contribution in [2.75, 3.05) is 13.2 Å². The molecule has 28 heavy (non-hydrogen) atoms. The second-order valence-electron chi connectivity index (χ2n) is 7.04. The normalized spacial score (nSPS) is 45.9. The highest BCUT2D eigenvalue weighted by atomic mass is 16.8. The van der Waals surface area contributed by atoms with E-state index in [1.165, 1.54) is 0 Å². The minimum Gasteiger partial charge on any atom is -0.545 e. The van der Waals surface area contributed by atoms with E-state index in [0.717, 1.165) is 6.26 Å². The Morgan fingerprint density at radius 2 is 1.89 bits per heavy atom. The van der Waals surface area contributed by atoms with Crippen LogP contribution in [0.3, 0.4) is 0 Å². The first-order chi connectivity index (χ1) is 13.2. The lowest BCUT2D eigenvalue weighted by Crippen LogP contribution is -2.61. The van der Waals surface area contributed by atoms with E-state index in [-0.39, 0.29) is 0 Å². The van der Waals surface area contributed by atoms with Crippen molar-refractivity contribution in [1.82, 2.24) is 0 Å². The second-order valence-corrected chi connectivity index (χ2v) is 7.04. The molecule has 2 aliphatic heterocycles. The van der Waals surface area contributed by atoms with E-state index >= 15 is 0 Å². The van der Waals surface area contributed by atoms with Crippen molar-refractivity contribution >= 4 is 11.8 Å². The quantitative estimate of drug-likeness (QED) is 0.254. The smallest absolute Gasteiger partial charge is 0.208 e. The van der Waals surface area contributed by atoms with Gasteiger partial charge in [0.1, 0.15) is 24.4 Å². The Balaban J connectivity index is 1.89. The van der Waals surface area contributed by atoms with Gasteiger partial charge in [-0.3, -0.25) is 4.79 Å². The summed E-state index contributed by atoms with van der Waals surface area (Å²) < 4.78 is 15.8. The fraction of sp³-hybridized carbons (Fsp3) is 0.750. The summed E-state index contributed by atoms with van der Waals surface area (Å²) in [4.78, 5) is 23.5. The van der Waals surface area contributed by atoms with Crippen molar-refractivity contribution < 1.29 is 59.5 Å². The fourth-order valence-corrected chi connectivity index (χ4v) is 3.87. The number of hydrogen-bond acceptors (Lipinski definition) is 12. The lowest BCUT2D eigenvalue weighted by atomic mass is 9.80. The highest BCUT2D eigenvalue weighted by molar-refractivity contribution is 5.94. The zero-order valence-electron chi connectivity index (χ0n) is 14.5. The van der Waals surface area contributed by atoms with Gasteiger partial charge in [0, 0.05) is 17.9 Å². The van der Waals surface area contributed by atoms with Crippen molar-refractivity contribution in [2.24, 2.45) is 11.8 Å². The number of carbonyl (C=O) groups excluding carboxylic acids is 2. The van der Waals surface area contributed by atoms with E-state index in [0.29, 0.717) is 0 Å². The third kappa shape index (κ3) is 3.21. The van der Waals surface area contributed by atoms with Gasteiger partial charge in [0.25, 0.3) is 0 Å². The van der Waals surface area contributed by atoms with Crippen molar-refractivity contribution in [3.05, 3.63) is 11.8 Å². The first-order valence-corrected chi connectivity index (χ1v) is 8.55. The van der Waals surface area contributed by atoms with Gasteiger partial charge in [0.05, 0.1) is 31.4 Å². The maximum Gasteiger partial charge on any atom is 0.208 e. The van der Waals surface area contributed by atoms with Crippen molar-refractivity contribution in [3.63, 3.8) is 0 Å². The third-order valence-electron chi connectivity index (χ3n) is 5.49. The summed E-state index contributed by atoms with van der Waals surface area (Å²) in [5.41, 5.74) is -2.78. The van der Waals surface area contributed by atoms with E-state index in [9.17, 15) is 45.3 Å².